The van der Waals surface area contributed by atoms with E-state index in [1.165, 1.54) is 5.56 Å². The third kappa shape index (κ3) is 5.01. The summed E-state index contributed by atoms with van der Waals surface area (Å²) >= 11 is 0. The Hall–Kier alpha value is -3.14. The zero-order valence-corrected chi connectivity index (χ0v) is 19.1. The number of aromatic nitrogens is 3. The first kappa shape index (κ1) is 22.6. The molecule has 0 aliphatic carbocycles. The van der Waals surface area contributed by atoms with E-state index in [0.717, 1.165) is 48.2 Å². The highest BCUT2D eigenvalue weighted by molar-refractivity contribution is 5.88. The van der Waals surface area contributed by atoms with E-state index in [1.54, 1.807) is 17.3 Å². The molecule has 2 aliphatic rings. The van der Waals surface area contributed by atoms with Crippen LogP contribution >= 0.6 is 0 Å². The van der Waals surface area contributed by atoms with Crippen molar-refractivity contribution in [3.8, 4) is 11.3 Å². The Morgan fingerprint density at radius 3 is 2.71 bits per heavy atom. The number of aliphatic hydroxyl groups is 1. The molecule has 0 bridgehead atoms. The zero-order valence-electron chi connectivity index (χ0n) is 19.1. The van der Waals surface area contributed by atoms with Crippen LogP contribution in [0.25, 0.3) is 22.3 Å². The highest BCUT2D eigenvalue weighted by Crippen LogP contribution is 2.31. The van der Waals surface area contributed by atoms with Gasteiger partial charge in [0.25, 0.3) is 0 Å². The van der Waals surface area contributed by atoms with Crippen molar-refractivity contribution in [3.63, 3.8) is 0 Å². The van der Waals surface area contributed by atoms with Crippen molar-refractivity contribution in [2.75, 3.05) is 51.3 Å². The van der Waals surface area contributed by atoms with Gasteiger partial charge in [-0.25, -0.2) is 9.97 Å². The molecular formula is C25H30N6O3. The van der Waals surface area contributed by atoms with E-state index in [9.17, 15) is 4.79 Å². The number of likely N-dealkylation sites (tertiary alicyclic amines) is 1. The van der Waals surface area contributed by atoms with E-state index >= 15 is 0 Å². The third-order valence-corrected chi connectivity index (χ3v) is 6.62. The average molecular weight is 463 g/mol. The maximum absolute atomic E-state index is 11.7. The van der Waals surface area contributed by atoms with Gasteiger partial charge in [0, 0.05) is 50.7 Å². The molecule has 4 heterocycles. The number of benzene rings is 1. The van der Waals surface area contributed by atoms with Gasteiger partial charge in [-0.15, -0.1) is 0 Å². The first-order chi connectivity index (χ1) is 16.7. The van der Waals surface area contributed by atoms with Crippen LogP contribution in [0.2, 0.25) is 0 Å². The molecule has 178 valence electrons. The topological polar surface area (TPSA) is 112 Å². The summed E-state index contributed by atoms with van der Waals surface area (Å²) in [6.45, 7) is 4.01. The highest BCUT2D eigenvalue weighted by atomic mass is 16.5. The normalized spacial score (nSPS) is 19.3. The summed E-state index contributed by atoms with van der Waals surface area (Å²) in [5, 5.41) is 15.8. The Morgan fingerprint density at radius 2 is 1.97 bits per heavy atom. The van der Waals surface area contributed by atoms with Crippen LogP contribution in [0.3, 0.4) is 0 Å². The summed E-state index contributed by atoms with van der Waals surface area (Å²) in [5.41, 5.74) is 4.66. The number of amides is 1. The molecule has 0 spiro atoms. The van der Waals surface area contributed by atoms with Gasteiger partial charge in [0.2, 0.25) is 5.91 Å². The standard InChI is InChI=1S/C25H30N6O3/c32-16-23(33)31-10-5-18(6-11-31)17-1-3-19(4-2-17)21-13-22-24(28-8-7-27-22)25(30-21)29-15-20-14-26-9-12-34-20/h1-4,7-8,13,18,20,26,32H,5-6,9-12,14-16H2,(H,29,30). The van der Waals surface area contributed by atoms with Crippen LogP contribution in [0.1, 0.15) is 24.3 Å². The minimum absolute atomic E-state index is 0.0873. The van der Waals surface area contributed by atoms with Crippen LogP contribution in [0, 0.1) is 0 Å². The molecule has 1 unspecified atom stereocenters. The second-order valence-corrected chi connectivity index (χ2v) is 8.79. The predicted octanol–water partition coefficient (Wildman–Crippen LogP) is 1.79. The van der Waals surface area contributed by atoms with E-state index in [4.69, 9.17) is 14.8 Å². The number of aliphatic hydroxyl groups excluding tert-OH is 1. The molecule has 0 radical (unpaired) electrons. The molecule has 1 amide bonds. The Kier molecular flexibility index (Phi) is 6.94. The first-order valence-electron chi connectivity index (χ1n) is 11.9. The Morgan fingerprint density at radius 1 is 1.18 bits per heavy atom. The Bertz CT molecular complexity index is 1130. The van der Waals surface area contributed by atoms with Crippen LogP contribution in [-0.2, 0) is 9.53 Å². The van der Waals surface area contributed by atoms with Crippen LogP contribution in [-0.4, -0.2) is 82.9 Å². The number of hydrogen-bond donors (Lipinski definition) is 3. The monoisotopic (exact) mass is 462 g/mol. The quantitative estimate of drug-likeness (QED) is 0.508. The number of rotatable bonds is 6. The number of piperidine rings is 1. The van der Waals surface area contributed by atoms with E-state index in [1.807, 2.05) is 6.07 Å². The van der Waals surface area contributed by atoms with Crippen LogP contribution in [0.5, 0.6) is 0 Å². The molecule has 5 rings (SSSR count). The van der Waals surface area contributed by atoms with E-state index < -0.39 is 6.61 Å². The Labute approximate surface area is 198 Å². The smallest absolute Gasteiger partial charge is 0.248 e. The van der Waals surface area contributed by atoms with E-state index in [2.05, 4.69) is 44.9 Å². The number of nitrogens with one attached hydrogen (secondary N) is 2. The molecular weight excluding hydrogens is 432 g/mol. The van der Waals surface area contributed by atoms with Gasteiger partial charge in [-0.05, 0) is 30.4 Å². The fourth-order valence-electron chi connectivity index (χ4n) is 4.69. The molecule has 2 saturated heterocycles. The van der Waals surface area contributed by atoms with Crippen molar-refractivity contribution in [3.05, 3.63) is 48.3 Å². The van der Waals surface area contributed by atoms with Crippen molar-refractivity contribution in [2.24, 2.45) is 0 Å². The van der Waals surface area contributed by atoms with Gasteiger partial charge in [-0.3, -0.25) is 9.78 Å². The maximum atomic E-state index is 11.7. The molecule has 3 aromatic rings. The van der Waals surface area contributed by atoms with Crippen molar-refractivity contribution in [2.45, 2.75) is 24.9 Å². The van der Waals surface area contributed by atoms with Crippen molar-refractivity contribution in [1.82, 2.24) is 25.2 Å². The number of morpholine rings is 1. The highest BCUT2D eigenvalue weighted by Gasteiger charge is 2.23. The zero-order chi connectivity index (χ0) is 23.3. The fourth-order valence-corrected chi connectivity index (χ4v) is 4.69. The number of nitrogens with zero attached hydrogens (tertiary/aromatic N) is 4. The van der Waals surface area contributed by atoms with Gasteiger partial charge in [0.1, 0.15) is 12.1 Å². The molecule has 2 aromatic heterocycles. The lowest BCUT2D eigenvalue weighted by molar-refractivity contribution is -0.135. The van der Waals surface area contributed by atoms with Gasteiger partial charge in [-0.1, -0.05) is 24.3 Å². The van der Waals surface area contributed by atoms with Crippen LogP contribution in [0.4, 0.5) is 5.82 Å². The predicted molar refractivity (Wildman–Crippen MR) is 130 cm³/mol. The van der Waals surface area contributed by atoms with E-state index in [0.29, 0.717) is 38.0 Å². The number of hydrogen-bond acceptors (Lipinski definition) is 8. The molecule has 9 nitrogen and oxygen atoms in total. The lowest BCUT2D eigenvalue weighted by Crippen LogP contribution is -2.42. The fraction of sp³-hybridized carbons (Fsp3) is 0.440. The summed E-state index contributed by atoms with van der Waals surface area (Å²) in [4.78, 5) is 27.3. The summed E-state index contributed by atoms with van der Waals surface area (Å²) in [6, 6.07) is 10.5. The molecule has 1 aromatic carbocycles. The lowest BCUT2D eigenvalue weighted by Gasteiger charge is -2.32. The van der Waals surface area contributed by atoms with Gasteiger partial charge in [-0.2, -0.15) is 0 Å². The molecule has 3 N–H and O–H groups in total. The second kappa shape index (κ2) is 10.4. The molecule has 2 aliphatic heterocycles. The number of ether oxygens (including phenoxy) is 1. The van der Waals surface area contributed by atoms with Crippen LogP contribution in [0.15, 0.2) is 42.7 Å². The molecule has 1 atom stereocenters. The van der Waals surface area contributed by atoms with Gasteiger partial charge >= 0.3 is 0 Å². The number of anilines is 1. The van der Waals surface area contributed by atoms with Gasteiger partial charge in [0.15, 0.2) is 5.82 Å². The lowest BCUT2D eigenvalue weighted by atomic mass is 9.88. The molecule has 2 fully saturated rings. The number of carbonyl (C=O) groups is 1. The second-order valence-electron chi connectivity index (χ2n) is 8.79. The van der Waals surface area contributed by atoms with Crippen molar-refractivity contribution < 1.29 is 14.6 Å². The number of pyridine rings is 1. The van der Waals surface area contributed by atoms with Gasteiger partial charge < -0.3 is 25.4 Å². The number of carbonyl (C=O) groups excluding carboxylic acids is 1. The van der Waals surface area contributed by atoms with Crippen molar-refractivity contribution >= 4 is 22.8 Å². The summed E-state index contributed by atoms with van der Waals surface area (Å²) in [5.74, 6) is 0.934. The van der Waals surface area contributed by atoms with Gasteiger partial charge in [0.05, 0.1) is 23.9 Å². The minimum atomic E-state index is -0.413. The maximum Gasteiger partial charge on any atom is 0.248 e. The van der Waals surface area contributed by atoms with E-state index in [-0.39, 0.29) is 12.0 Å². The average Bonchev–Trinajstić information content (AvgIpc) is 2.92. The number of fused-ring (bicyclic) bond motifs is 1. The summed E-state index contributed by atoms with van der Waals surface area (Å²) in [6.07, 6.45) is 5.27. The SMILES string of the molecule is O=C(CO)N1CCC(c2ccc(-c3cc4nccnc4c(NCC4CNCCO4)n3)cc2)CC1. The largest absolute Gasteiger partial charge is 0.387 e. The van der Waals surface area contributed by atoms with Crippen molar-refractivity contribution in [1.29, 1.82) is 0 Å². The molecule has 34 heavy (non-hydrogen) atoms. The first-order valence-corrected chi connectivity index (χ1v) is 11.9. The summed E-state index contributed by atoms with van der Waals surface area (Å²) in [7, 11) is 0. The molecule has 0 saturated carbocycles. The minimum Gasteiger partial charge on any atom is -0.387 e. The molecule has 9 heteroatoms. The van der Waals surface area contributed by atoms with Crippen LogP contribution < -0.4 is 10.6 Å². The third-order valence-electron chi connectivity index (χ3n) is 6.62. The Balaban J connectivity index is 1.33. The summed E-state index contributed by atoms with van der Waals surface area (Å²) < 4.78 is 5.80.